The van der Waals surface area contributed by atoms with E-state index in [0.29, 0.717) is 5.92 Å². The Morgan fingerprint density at radius 2 is 1.87 bits per heavy atom. The second kappa shape index (κ2) is 12.6. The van der Waals surface area contributed by atoms with Crippen LogP contribution in [-0.4, -0.2) is 49.7 Å². The molecule has 2 heterocycles. The molecule has 3 rings (SSSR count). The Labute approximate surface area is 202 Å². The summed E-state index contributed by atoms with van der Waals surface area (Å²) >= 11 is 1.75. The highest BCUT2D eigenvalue weighted by Gasteiger charge is 2.22. The Kier molecular flexibility index (Phi) is 10.6. The second-order valence-corrected chi connectivity index (χ2v) is 8.76. The Balaban J connectivity index is 0.00000320. The molecule has 1 aliphatic rings. The first-order valence-corrected chi connectivity index (χ1v) is 11.4. The van der Waals surface area contributed by atoms with Crippen molar-refractivity contribution < 1.29 is 4.74 Å². The minimum Gasteiger partial charge on any atom is -0.373 e. The van der Waals surface area contributed by atoms with Crippen LogP contribution in [0.1, 0.15) is 43.4 Å². The fourth-order valence-corrected chi connectivity index (χ4v) is 4.64. The number of aliphatic imine (C=N–C) groups is 1. The minimum absolute atomic E-state index is 0. The van der Waals surface area contributed by atoms with Crippen LogP contribution in [0.2, 0.25) is 0 Å². The number of morpholine rings is 1. The molecule has 166 valence electrons. The summed E-state index contributed by atoms with van der Waals surface area (Å²) in [5.41, 5.74) is 4.05. The zero-order valence-electron chi connectivity index (χ0n) is 18.4. The van der Waals surface area contributed by atoms with Gasteiger partial charge in [0, 0.05) is 39.8 Å². The summed E-state index contributed by atoms with van der Waals surface area (Å²) in [4.78, 5) is 6.89. The molecular weight excluding hydrogens is 507 g/mol. The molecule has 5 nitrogen and oxygen atoms in total. The van der Waals surface area contributed by atoms with Crippen molar-refractivity contribution in [1.29, 1.82) is 0 Å². The second-order valence-electron chi connectivity index (χ2n) is 7.98. The molecule has 1 aromatic heterocycles. The van der Waals surface area contributed by atoms with E-state index in [1.807, 2.05) is 7.05 Å². The lowest BCUT2D eigenvalue weighted by atomic mass is 10.1. The lowest BCUT2D eigenvalue weighted by Gasteiger charge is -2.35. The summed E-state index contributed by atoms with van der Waals surface area (Å²) in [7, 11) is 1.83. The molecule has 2 aromatic rings. The molecule has 0 amide bonds. The van der Waals surface area contributed by atoms with E-state index in [1.165, 1.54) is 16.7 Å². The number of hydrogen-bond acceptors (Lipinski definition) is 4. The maximum absolute atomic E-state index is 5.87. The predicted octanol–water partition coefficient (Wildman–Crippen LogP) is 4.44. The first kappa shape index (κ1) is 25.1. The molecule has 1 aliphatic heterocycles. The Hall–Kier alpha value is -1.16. The third-order valence-corrected chi connectivity index (χ3v) is 6.07. The summed E-state index contributed by atoms with van der Waals surface area (Å²) in [6.45, 7) is 11.1. The van der Waals surface area contributed by atoms with Gasteiger partial charge in [0.25, 0.3) is 0 Å². The van der Waals surface area contributed by atoms with Gasteiger partial charge < -0.3 is 15.4 Å². The van der Waals surface area contributed by atoms with Crippen LogP contribution in [0.15, 0.2) is 46.1 Å². The number of thiophene rings is 1. The van der Waals surface area contributed by atoms with Gasteiger partial charge in [-0.25, -0.2) is 0 Å². The number of nitrogens with zero attached hydrogens (tertiary/aromatic N) is 2. The van der Waals surface area contributed by atoms with Crippen molar-refractivity contribution in [3.63, 3.8) is 0 Å². The number of halogens is 1. The molecule has 1 aromatic carbocycles. The van der Waals surface area contributed by atoms with Crippen LogP contribution in [0.5, 0.6) is 0 Å². The number of benzene rings is 1. The van der Waals surface area contributed by atoms with Gasteiger partial charge in [-0.3, -0.25) is 9.89 Å². The van der Waals surface area contributed by atoms with Gasteiger partial charge in [0.05, 0.1) is 12.2 Å². The third-order valence-electron chi connectivity index (χ3n) is 5.37. The van der Waals surface area contributed by atoms with E-state index in [4.69, 9.17) is 4.74 Å². The first-order chi connectivity index (χ1) is 14.0. The zero-order valence-corrected chi connectivity index (χ0v) is 21.6. The molecule has 7 heteroatoms. The topological polar surface area (TPSA) is 48.9 Å². The number of ether oxygens (including phenoxy) is 1. The highest BCUT2D eigenvalue weighted by molar-refractivity contribution is 14.0. The van der Waals surface area contributed by atoms with Crippen LogP contribution in [0.25, 0.3) is 0 Å². The standard InChI is InChI=1S/C23H34N4OS.HI/c1-17(22-9-10-29-16-22)11-25-23(24-4)26-12-20-7-5-6-8-21(20)15-27-13-18(2)28-19(3)14-27;/h5-10,16-19H,11-15H2,1-4H3,(H2,24,25,26);1H. The fourth-order valence-electron chi connectivity index (χ4n) is 3.86. The Morgan fingerprint density at radius 3 is 2.50 bits per heavy atom. The van der Waals surface area contributed by atoms with Crippen LogP contribution in [-0.2, 0) is 17.8 Å². The Bertz CT molecular complexity index is 773. The van der Waals surface area contributed by atoms with Gasteiger partial charge in [-0.15, -0.1) is 24.0 Å². The average molecular weight is 543 g/mol. The van der Waals surface area contributed by atoms with Crippen LogP contribution < -0.4 is 10.6 Å². The molecule has 0 saturated carbocycles. The van der Waals surface area contributed by atoms with E-state index in [0.717, 1.165) is 38.7 Å². The van der Waals surface area contributed by atoms with Crippen LogP contribution in [0.4, 0.5) is 0 Å². The largest absolute Gasteiger partial charge is 0.373 e. The van der Waals surface area contributed by atoms with Crippen molar-refractivity contribution in [3.05, 3.63) is 57.8 Å². The quantitative estimate of drug-likeness (QED) is 0.309. The normalized spacial score (nSPS) is 21.0. The van der Waals surface area contributed by atoms with Crippen LogP contribution >= 0.6 is 35.3 Å². The van der Waals surface area contributed by atoms with E-state index in [-0.39, 0.29) is 36.2 Å². The number of hydrogen-bond donors (Lipinski definition) is 2. The smallest absolute Gasteiger partial charge is 0.191 e. The van der Waals surface area contributed by atoms with Crippen molar-refractivity contribution in [1.82, 2.24) is 15.5 Å². The van der Waals surface area contributed by atoms with Gasteiger partial charge in [0.15, 0.2) is 5.96 Å². The average Bonchev–Trinajstić information content (AvgIpc) is 3.23. The molecule has 1 saturated heterocycles. The molecule has 30 heavy (non-hydrogen) atoms. The molecule has 0 spiro atoms. The molecule has 3 atom stereocenters. The van der Waals surface area contributed by atoms with Crippen LogP contribution in [0, 0.1) is 0 Å². The van der Waals surface area contributed by atoms with Gasteiger partial charge in [-0.1, -0.05) is 31.2 Å². The Morgan fingerprint density at radius 1 is 1.17 bits per heavy atom. The third kappa shape index (κ3) is 7.51. The van der Waals surface area contributed by atoms with Crippen molar-refractivity contribution in [3.8, 4) is 0 Å². The predicted molar refractivity (Wildman–Crippen MR) is 138 cm³/mol. The first-order valence-electron chi connectivity index (χ1n) is 10.5. The van der Waals surface area contributed by atoms with Crippen molar-refractivity contribution in [2.75, 3.05) is 26.7 Å². The lowest BCUT2D eigenvalue weighted by Crippen LogP contribution is -2.45. The number of rotatable bonds is 7. The van der Waals surface area contributed by atoms with Gasteiger partial charge in [-0.05, 0) is 53.3 Å². The van der Waals surface area contributed by atoms with Crippen LogP contribution in [0.3, 0.4) is 0 Å². The summed E-state index contributed by atoms with van der Waals surface area (Å²) in [5.74, 6) is 1.30. The molecular formula is C23H35IN4OS. The molecule has 0 aliphatic carbocycles. The monoisotopic (exact) mass is 542 g/mol. The van der Waals surface area contributed by atoms with Gasteiger partial charge in [0.2, 0.25) is 0 Å². The lowest BCUT2D eigenvalue weighted by molar-refractivity contribution is -0.0705. The fraction of sp³-hybridized carbons (Fsp3) is 0.522. The van der Waals surface area contributed by atoms with E-state index in [2.05, 4.69) is 82.4 Å². The molecule has 3 unspecified atom stereocenters. The van der Waals surface area contributed by atoms with Crippen molar-refractivity contribution in [2.45, 2.75) is 52.0 Å². The zero-order chi connectivity index (χ0) is 20.6. The molecule has 0 bridgehead atoms. The molecule has 2 N–H and O–H groups in total. The maximum Gasteiger partial charge on any atom is 0.191 e. The van der Waals surface area contributed by atoms with Gasteiger partial charge in [0.1, 0.15) is 0 Å². The van der Waals surface area contributed by atoms with E-state index >= 15 is 0 Å². The van der Waals surface area contributed by atoms with Crippen molar-refractivity contribution in [2.24, 2.45) is 4.99 Å². The molecule has 0 radical (unpaired) electrons. The summed E-state index contributed by atoms with van der Waals surface area (Å²) < 4.78 is 5.87. The maximum atomic E-state index is 5.87. The van der Waals surface area contributed by atoms with E-state index in [9.17, 15) is 0 Å². The van der Waals surface area contributed by atoms with E-state index in [1.54, 1.807) is 11.3 Å². The summed E-state index contributed by atoms with van der Waals surface area (Å²) in [6, 6.07) is 10.9. The van der Waals surface area contributed by atoms with Gasteiger partial charge >= 0.3 is 0 Å². The highest BCUT2D eigenvalue weighted by atomic mass is 127. The SMILES string of the molecule is CN=C(NCc1ccccc1CN1CC(C)OC(C)C1)NCC(C)c1ccsc1.I. The highest BCUT2D eigenvalue weighted by Crippen LogP contribution is 2.18. The number of guanidine groups is 1. The minimum atomic E-state index is 0. The summed E-state index contributed by atoms with van der Waals surface area (Å²) in [5, 5.41) is 11.3. The van der Waals surface area contributed by atoms with E-state index < -0.39 is 0 Å². The van der Waals surface area contributed by atoms with Gasteiger partial charge in [-0.2, -0.15) is 11.3 Å². The number of nitrogens with one attached hydrogen (secondary N) is 2. The van der Waals surface area contributed by atoms with Crippen molar-refractivity contribution >= 4 is 41.3 Å². The summed E-state index contributed by atoms with van der Waals surface area (Å²) in [6.07, 6.45) is 0.578. The molecule has 1 fully saturated rings.